The van der Waals surface area contributed by atoms with E-state index in [0.717, 1.165) is 37.0 Å². The molecule has 1 fully saturated rings. The molecule has 0 spiro atoms. The molecule has 0 unspecified atom stereocenters. The number of ether oxygens (including phenoxy) is 2. The van der Waals surface area contributed by atoms with Crippen LogP contribution in [0, 0.1) is 0 Å². The SMILES string of the molecule is COc1ccc(C2(CNS(=O)(=O)c3ccc(OC)cc3)CCCC2)cc1. The van der Waals surface area contributed by atoms with Gasteiger partial charge in [-0.15, -0.1) is 0 Å². The fraction of sp³-hybridized carbons (Fsp3) is 0.400. The molecule has 140 valence electrons. The summed E-state index contributed by atoms with van der Waals surface area (Å²) in [7, 11) is -0.364. The topological polar surface area (TPSA) is 64.6 Å². The predicted octanol–water partition coefficient (Wildman–Crippen LogP) is 3.49. The van der Waals surface area contributed by atoms with Crippen molar-refractivity contribution < 1.29 is 17.9 Å². The predicted molar refractivity (Wildman–Crippen MR) is 101 cm³/mol. The van der Waals surface area contributed by atoms with E-state index >= 15 is 0 Å². The second-order valence-electron chi connectivity index (χ2n) is 6.72. The summed E-state index contributed by atoms with van der Waals surface area (Å²) in [5.41, 5.74) is 0.999. The van der Waals surface area contributed by atoms with Gasteiger partial charge in [-0.2, -0.15) is 0 Å². The van der Waals surface area contributed by atoms with Crippen molar-refractivity contribution in [1.29, 1.82) is 0 Å². The normalized spacial score (nSPS) is 16.4. The Morgan fingerprint density at radius 3 is 1.88 bits per heavy atom. The maximum absolute atomic E-state index is 12.7. The summed E-state index contributed by atoms with van der Waals surface area (Å²) < 4.78 is 38.5. The van der Waals surface area contributed by atoms with Gasteiger partial charge in [-0.1, -0.05) is 25.0 Å². The summed E-state index contributed by atoms with van der Waals surface area (Å²) in [5.74, 6) is 1.44. The molecule has 2 aromatic rings. The molecule has 0 saturated heterocycles. The fourth-order valence-electron chi connectivity index (χ4n) is 3.64. The van der Waals surface area contributed by atoms with E-state index in [4.69, 9.17) is 9.47 Å². The lowest BCUT2D eigenvalue weighted by atomic mass is 9.79. The Labute approximate surface area is 155 Å². The van der Waals surface area contributed by atoms with Crippen LogP contribution in [0.5, 0.6) is 11.5 Å². The molecule has 0 aromatic heterocycles. The Morgan fingerprint density at radius 2 is 1.38 bits per heavy atom. The first kappa shape index (κ1) is 18.7. The summed E-state index contributed by atoms with van der Waals surface area (Å²) in [6.07, 6.45) is 4.17. The number of rotatable bonds is 7. The molecule has 0 heterocycles. The van der Waals surface area contributed by atoms with Gasteiger partial charge in [-0.3, -0.25) is 0 Å². The average Bonchev–Trinajstić information content (AvgIpc) is 3.17. The molecule has 0 amide bonds. The zero-order valence-corrected chi connectivity index (χ0v) is 16.0. The molecule has 0 bridgehead atoms. The molecule has 1 saturated carbocycles. The fourth-order valence-corrected chi connectivity index (χ4v) is 4.76. The third-order valence-electron chi connectivity index (χ3n) is 5.23. The van der Waals surface area contributed by atoms with Crippen LogP contribution < -0.4 is 14.2 Å². The number of benzene rings is 2. The minimum Gasteiger partial charge on any atom is -0.497 e. The van der Waals surface area contributed by atoms with Gasteiger partial charge in [0, 0.05) is 12.0 Å². The van der Waals surface area contributed by atoms with E-state index in [1.54, 1.807) is 38.5 Å². The van der Waals surface area contributed by atoms with Gasteiger partial charge in [0.15, 0.2) is 0 Å². The summed E-state index contributed by atoms with van der Waals surface area (Å²) in [6, 6.07) is 14.4. The van der Waals surface area contributed by atoms with Crippen LogP contribution in [0.4, 0.5) is 0 Å². The summed E-state index contributed by atoms with van der Waals surface area (Å²) >= 11 is 0. The van der Waals surface area contributed by atoms with Crippen LogP contribution in [0.15, 0.2) is 53.4 Å². The summed E-state index contributed by atoms with van der Waals surface area (Å²) in [5, 5.41) is 0. The lowest BCUT2D eigenvalue weighted by Gasteiger charge is -2.30. The zero-order valence-electron chi connectivity index (χ0n) is 15.2. The van der Waals surface area contributed by atoms with Crippen LogP contribution in [0.3, 0.4) is 0 Å². The third-order valence-corrected chi connectivity index (χ3v) is 6.65. The van der Waals surface area contributed by atoms with Crippen LogP contribution in [-0.2, 0) is 15.4 Å². The van der Waals surface area contributed by atoms with Crippen molar-refractivity contribution in [3.63, 3.8) is 0 Å². The maximum atomic E-state index is 12.7. The zero-order chi connectivity index (χ0) is 18.6. The number of nitrogens with one attached hydrogen (secondary N) is 1. The Morgan fingerprint density at radius 1 is 0.885 bits per heavy atom. The van der Waals surface area contributed by atoms with Crippen molar-refractivity contribution in [2.45, 2.75) is 36.0 Å². The highest BCUT2D eigenvalue weighted by molar-refractivity contribution is 7.89. The highest BCUT2D eigenvalue weighted by atomic mass is 32.2. The molecule has 3 rings (SSSR count). The van der Waals surface area contributed by atoms with Crippen molar-refractivity contribution in [2.75, 3.05) is 20.8 Å². The minimum absolute atomic E-state index is 0.161. The molecule has 1 aliphatic rings. The second-order valence-corrected chi connectivity index (χ2v) is 8.48. The van der Waals surface area contributed by atoms with E-state index in [1.807, 2.05) is 24.3 Å². The standard InChI is InChI=1S/C20H25NO4S/c1-24-17-7-5-16(6-8-17)20(13-3-4-14-20)15-21-26(22,23)19-11-9-18(25-2)10-12-19/h5-12,21H,3-4,13-15H2,1-2H3. The minimum atomic E-state index is -3.56. The van der Waals surface area contributed by atoms with Crippen molar-refractivity contribution in [2.24, 2.45) is 0 Å². The largest absolute Gasteiger partial charge is 0.497 e. The maximum Gasteiger partial charge on any atom is 0.240 e. The van der Waals surface area contributed by atoms with Crippen LogP contribution >= 0.6 is 0 Å². The van der Waals surface area contributed by atoms with Crippen molar-refractivity contribution >= 4 is 10.0 Å². The smallest absolute Gasteiger partial charge is 0.240 e. The Kier molecular flexibility index (Phi) is 5.53. The van der Waals surface area contributed by atoms with E-state index in [2.05, 4.69) is 4.72 Å². The van der Waals surface area contributed by atoms with E-state index in [9.17, 15) is 8.42 Å². The first-order chi connectivity index (χ1) is 12.5. The van der Waals surface area contributed by atoms with Crippen LogP contribution in [0.2, 0.25) is 0 Å². The Balaban J connectivity index is 1.79. The number of hydrogen-bond donors (Lipinski definition) is 1. The molecule has 0 radical (unpaired) electrons. The van der Waals surface area contributed by atoms with Gasteiger partial charge in [0.25, 0.3) is 0 Å². The number of methoxy groups -OCH3 is 2. The molecule has 0 aliphatic heterocycles. The van der Waals surface area contributed by atoms with Crippen molar-refractivity contribution in [1.82, 2.24) is 4.72 Å². The van der Waals surface area contributed by atoms with Gasteiger partial charge < -0.3 is 9.47 Å². The molecule has 1 N–H and O–H groups in total. The monoisotopic (exact) mass is 375 g/mol. The molecule has 26 heavy (non-hydrogen) atoms. The molecule has 0 atom stereocenters. The van der Waals surface area contributed by atoms with Crippen LogP contribution in [-0.4, -0.2) is 29.2 Å². The van der Waals surface area contributed by atoms with E-state index < -0.39 is 10.0 Å². The van der Waals surface area contributed by atoms with Gasteiger partial charge in [0.2, 0.25) is 10.0 Å². The molecule has 1 aliphatic carbocycles. The van der Waals surface area contributed by atoms with Crippen LogP contribution in [0.1, 0.15) is 31.2 Å². The second kappa shape index (κ2) is 7.68. The molecule has 2 aromatic carbocycles. The summed E-state index contributed by atoms with van der Waals surface area (Å²) in [6.45, 7) is 0.397. The lowest BCUT2D eigenvalue weighted by Crippen LogP contribution is -2.39. The highest BCUT2D eigenvalue weighted by Gasteiger charge is 2.36. The van der Waals surface area contributed by atoms with Gasteiger partial charge in [0.05, 0.1) is 19.1 Å². The molecule has 5 nitrogen and oxygen atoms in total. The van der Waals surface area contributed by atoms with Gasteiger partial charge in [0.1, 0.15) is 11.5 Å². The average molecular weight is 375 g/mol. The van der Waals surface area contributed by atoms with E-state index in [0.29, 0.717) is 12.3 Å². The van der Waals surface area contributed by atoms with Crippen molar-refractivity contribution in [3.05, 3.63) is 54.1 Å². The van der Waals surface area contributed by atoms with Crippen LogP contribution in [0.25, 0.3) is 0 Å². The molecular weight excluding hydrogens is 350 g/mol. The number of hydrogen-bond acceptors (Lipinski definition) is 4. The first-order valence-corrected chi connectivity index (χ1v) is 10.3. The lowest BCUT2D eigenvalue weighted by molar-refractivity contribution is 0.410. The van der Waals surface area contributed by atoms with E-state index in [1.165, 1.54) is 0 Å². The van der Waals surface area contributed by atoms with Gasteiger partial charge in [-0.25, -0.2) is 13.1 Å². The van der Waals surface area contributed by atoms with E-state index in [-0.39, 0.29) is 10.3 Å². The first-order valence-electron chi connectivity index (χ1n) is 8.77. The molecule has 6 heteroatoms. The van der Waals surface area contributed by atoms with Gasteiger partial charge >= 0.3 is 0 Å². The Bertz CT molecular complexity index is 823. The quantitative estimate of drug-likeness (QED) is 0.804. The summed E-state index contributed by atoms with van der Waals surface area (Å²) in [4.78, 5) is 0.251. The molecular formula is C20H25NO4S. The van der Waals surface area contributed by atoms with Gasteiger partial charge in [-0.05, 0) is 54.8 Å². The highest BCUT2D eigenvalue weighted by Crippen LogP contribution is 2.41. The Hall–Kier alpha value is -2.05. The van der Waals surface area contributed by atoms with Crippen molar-refractivity contribution in [3.8, 4) is 11.5 Å². The number of sulfonamides is 1. The third kappa shape index (κ3) is 3.86.